The normalized spacial score (nSPS) is 17.2. The van der Waals surface area contributed by atoms with Crippen LogP contribution in [0.5, 0.6) is 0 Å². The van der Waals surface area contributed by atoms with Gasteiger partial charge in [0.2, 0.25) is 11.8 Å². The van der Waals surface area contributed by atoms with Crippen molar-refractivity contribution in [3.8, 4) is 0 Å². The van der Waals surface area contributed by atoms with Crippen LogP contribution >= 0.6 is 22.9 Å². The molecule has 1 aromatic heterocycles. The second-order valence-electron chi connectivity index (χ2n) is 6.18. The summed E-state index contributed by atoms with van der Waals surface area (Å²) in [5.41, 5.74) is 1.58. The average molecular weight is 377 g/mol. The third-order valence-electron chi connectivity index (χ3n) is 4.64. The second kappa shape index (κ2) is 7.58. The number of hydrogen-bond donors (Lipinski definition) is 1. The lowest BCUT2D eigenvalue weighted by atomic mass is 9.97. The Bertz CT molecular complexity index is 772. The molecule has 0 fully saturated rings. The Labute approximate surface area is 156 Å². The van der Waals surface area contributed by atoms with Gasteiger partial charge in [-0.15, -0.1) is 11.3 Å². The van der Waals surface area contributed by atoms with E-state index in [4.69, 9.17) is 11.6 Å². The molecule has 0 radical (unpaired) electrons. The number of hydrogen-bond acceptors (Lipinski definition) is 3. The van der Waals surface area contributed by atoms with Crippen molar-refractivity contribution in [3.05, 3.63) is 51.2 Å². The van der Waals surface area contributed by atoms with Gasteiger partial charge in [-0.25, -0.2) is 0 Å². The lowest BCUT2D eigenvalue weighted by Gasteiger charge is -2.32. The van der Waals surface area contributed by atoms with Gasteiger partial charge < -0.3 is 10.2 Å². The van der Waals surface area contributed by atoms with E-state index in [2.05, 4.69) is 5.32 Å². The number of nitrogens with one attached hydrogen (secondary N) is 1. The van der Waals surface area contributed by atoms with Crippen molar-refractivity contribution in [2.24, 2.45) is 5.92 Å². The third-order valence-corrected chi connectivity index (χ3v) is 5.80. The molecule has 0 spiro atoms. The molecule has 1 aliphatic heterocycles. The van der Waals surface area contributed by atoms with Crippen LogP contribution in [0.15, 0.2) is 35.7 Å². The van der Waals surface area contributed by atoms with Crippen LogP contribution in [-0.2, 0) is 9.59 Å². The van der Waals surface area contributed by atoms with Crippen LogP contribution in [0.2, 0.25) is 5.02 Å². The van der Waals surface area contributed by atoms with E-state index in [1.807, 2.05) is 37.4 Å². The third kappa shape index (κ3) is 3.58. The fraction of sp³-hybridized carbons (Fsp3) is 0.368. The van der Waals surface area contributed by atoms with Gasteiger partial charge in [0.15, 0.2) is 0 Å². The number of fused-ring (bicyclic) bond motifs is 1. The van der Waals surface area contributed by atoms with Gasteiger partial charge in [-0.2, -0.15) is 0 Å². The number of benzene rings is 1. The quantitative estimate of drug-likeness (QED) is 0.840. The smallest absolute Gasteiger partial charge is 0.244 e. The molecule has 3 rings (SSSR count). The molecule has 1 aromatic carbocycles. The molecule has 2 amide bonds. The van der Waals surface area contributed by atoms with Gasteiger partial charge in [0.25, 0.3) is 0 Å². The van der Waals surface area contributed by atoms with Crippen LogP contribution in [0.1, 0.15) is 43.2 Å². The zero-order valence-electron chi connectivity index (χ0n) is 14.3. The summed E-state index contributed by atoms with van der Waals surface area (Å²) in [6.07, 6.45) is 1.51. The summed E-state index contributed by atoms with van der Waals surface area (Å²) in [7, 11) is 0. The van der Waals surface area contributed by atoms with Crippen molar-refractivity contribution in [1.29, 1.82) is 0 Å². The van der Waals surface area contributed by atoms with Gasteiger partial charge in [0.05, 0.1) is 6.04 Å². The van der Waals surface area contributed by atoms with Crippen molar-refractivity contribution in [3.63, 3.8) is 0 Å². The van der Waals surface area contributed by atoms with Crippen LogP contribution in [0, 0.1) is 5.92 Å². The molecule has 2 heterocycles. The summed E-state index contributed by atoms with van der Waals surface area (Å²) in [6, 6.07) is 9.07. The molecule has 2 aromatic rings. The number of halogens is 1. The molecular formula is C19H21ClN2O2S. The number of nitrogens with zero attached hydrogens (tertiary/aromatic N) is 1. The van der Waals surface area contributed by atoms with Crippen molar-refractivity contribution in [2.45, 2.75) is 32.7 Å². The topological polar surface area (TPSA) is 49.4 Å². The van der Waals surface area contributed by atoms with Gasteiger partial charge in [-0.1, -0.05) is 31.5 Å². The molecule has 1 N–H and O–H groups in total. The van der Waals surface area contributed by atoms with Gasteiger partial charge >= 0.3 is 0 Å². The molecule has 0 bridgehead atoms. The van der Waals surface area contributed by atoms with Gasteiger partial charge in [-0.3, -0.25) is 9.59 Å². The highest BCUT2D eigenvalue weighted by Gasteiger charge is 2.36. The predicted octanol–water partition coefficient (Wildman–Crippen LogP) is 4.71. The maximum Gasteiger partial charge on any atom is 0.244 e. The van der Waals surface area contributed by atoms with Crippen molar-refractivity contribution >= 4 is 40.4 Å². The first kappa shape index (κ1) is 18.0. The summed E-state index contributed by atoms with van der Waals surface area (Å²) in [4.78, 5) is 28.3. The summed E-state index contributed by atoms with van der Waals surface area (Å²) < 4.78 is 0. The molecule has 0 aliphatic carbocycles. The van der Waals surface area contributed by atoms with E-state index >= 15 is 0 Å². The van der Waals surface area contributed by atoms with E-state index < -0.39 is 0 Å². The highest BCUT2D eigenvalue weighted by molar-refractivity contribution is 7.10. The first-order valence-corrected chi connectivity index (χ1v) is 9.74. The molecule has 0 saturated heterocycles. The monoisotopic (exact) mass is 376 g/mol. The molecule has 1 aliphatic rings. The number of anilines is 1. The van der Waals surface area contributed by atoms with Crippen LogP contribution < -0.4 is 5.32 Å². The fourth-order valence-corrected chi connectivity index (χ4v) is 4.34. The average Bonchev–Trinajstić information content (AvgIpc) is 3.07. The molecule has 4 nitrogen and oxygen atoms in total. The lowest BCUT2D eigenvalue weighted by Crippen LogP contribution is -2.41. The SMILES string of the molecule is CCC(CC)C(=O)N1CC(=O)Nc2ccc(Cl)cc2C1c1cccs1. The summed E-state index contributed by atoms with van der Waals surface area (Å²) in [5, 5.41) is 5.49. The predicted molar refractivity (Wildman–Crippen MR) is 102 cm³/mol. The van der Waals surface area contributed by atoms with Crippen LogP contribution in [0.3, 0.4) is 0 Å². The fourth-order valence-electron chi connectivity index (χ4n) is 3.31. The summed E-state index contributed by atoms with van der Waals surface area (Å²) >= 11 is 7.81. The van der Waals surface area contributed by atoms with Crippen LogP contribution in [0.4, 0.5) is 5.69 Å². The van der Waals surface area contributed by atoms with Gasteiger partial charge in [0.1, 0.15) is 6.54 Å². The van der Waals surface area contributed by atoms with E-state index in [-0.39, 0.29) is 30.3 Å². The Morgan fingerprint density at radius 3 is 2.76 bits per heavy atom. The Balaban J connectivity index is 2.15. The van der Waals surface area contributed by atoms with Crippen LogP contribution in [-0.4, -0.2) is 23.3 Å². The van der Waals surface area contributed by atoms with E-state index in [0.717, 1.165) is 23.3 Å². The van der Waals surface area contributed by atoms with Gasteiger partial charge in [0, 0.05) is 27.1 Å². The highest BCUT2D eigenvalue weighted by Crippen LogP contribution is 2.39. The second-order valence-corrected chi connectivity index (χ2v) is 7.59. The van der Waals surface area contributed by atoms with Crippen LogP contribution in [0.25, 0.3) is 0 Å². The van der Waals surface area contributed by atoms with E-state index in [9.17, 15) is 9.59 Å². The van der Waals surface area contributed by atoms with Crippen molar-refractivity contribution in [2.75, 3.05) is 11.9 Å². The standard InChI is InChI=1S/C19H21ClN2O2S/c1-3-12(4-2)19(24)22-11-17(23)21-15-8-7-13(20)10-14(15)18(22)16-6-5-9-25-16/h5-10,12,18H,3-4,11H2,1-2H3,(H,21,23). The van der Waals surface area contributed by atoms with Crippen molar-refractivity contribution in [1.82, 2.24) is 4.90 Å². The zero-order valence-corrected chi connectivity index (χ0v) is 15.9. The maximum atomic E-state index is 13.2. The summed E-state index contributed by atoms with van der Waals surface area (Å²) in [5.74, 6) is -0.246. The van der Waals surface area contributed by atoms with E-state index in [1.165, 1.54) is 0 Å². The first-order valence-electron chi connectivity index (χ1n) is 8.48. The highest BCUT2D eigenvalue weighted by atomic mass is 35.5. The Hall–Kier alpha value is -1.85. The Morgan fingerprint density at radius 2 is 2.12 bits per heavy atom. The molecular weight excluding hydrogens is 356 g/mol. The molecule has 132 valence electrons. The minimum Gasteiger partial charge on any atom is -0.324 e. The largest absolute Gasteiger partial charge is 0.324 e. The minimum absolute atomic E-state index is 0.0198. The molecule has 1 unspecified atom stereocenters. The molecule has 0 saturated carbocycles. The Kier molecular flexibility index (Phi) is 5.45. The number of rotatable bonds is 4. The Morgan fingerprint density at radius 1 is 1.36 bits per heavy atom. The molecule has 25 heavy (non-hydrogen) atoms. The first-order chi connectivity index (χ1) is 12.0. The van der Waals surface area contributed by atoms with E-state index in [0.29, 0.717) is 10.7 Å². The minimum atomic E-state index is -0.305. The zero-order chi connectivity index (χ0) is 18.0. The summed E-state index contributed by atoms with van der Waals surface area (Å²) in [6.45, 7) is 4.06. The van der Waals surface area contributed by atoms with Gasteiger partial charge in [-0.05, 0) is 42.5 Å². The maximum absolute atomic E-state index is 13.2. The number of carbonyl (C=O) groups excluding carboxylic acids is 2. The van der Waals surface area contributed by atoms with Crippen molar-refractivity contribution < 1.29 is 9.59 Å². The van der Waals surface area contributed by atoms with E-state index in [1.54, 1.807) is 28.4 Å². The molecule has 6 heteroatoms. The lowest BCUT2D eigenvalue weighted by molar-refractivity contribution is -0.140. The molecule has 1 atom stereocenters. The number of carbonyl (C=O) groups is 2. The number of thiophene rings is 1. The number of amides is 2.